The molecule has 0 aliphatic heterocycles. The molecule has 0 saturated heterocycles. The van der Waals surface area contributed by atoms with E-state index < -0.39 is 0 Å². The molecule has 2 aliphatic carbocycles. The molecular weight excluding hydrogens is 192 g/mol. The molecule has 0 spiro atoms. The second-order valence-corrected chi connectivity index (χ2v) is 7.06. The summed E-state index contributed by atoms with van der Waals surface area (Å²) in [6.07, 6.45) is 5.90. The molecule has 0 aromatic heterocycles. The Morgan fingerprint density at radius 2 is 1.81 bits per heavy atom. The number of fused-ring (bicyclic) bond motifs is 1. The van der Waals surface area contributed by atoms with Gasteiger partial charge in [0.2, 0.25) is 0 Å². The minimum atomic E-state index is 0.884. The summed E-state index contributed by atoms with van der Waals surface area (Å²) in [4.78, 5) is 0. The van der Waals surface area contributed by atoms with Gasteiger partial charge in [0.15, 0.2) is 0 Å². The van der Waals surface area contributed by atoms with Crippen LogP contribution >= 0.6 is 0 Å². The van der Waals surface area contributed by atoms with Crippen molar-refractivity contribution in [1.29, 1.82) is 0 Å². The maximum Gasteiger partial charge on any atom is -0.0323 e. The molecule has 16 heavy (non-hydrogen) atoms. The van der Waals surface area contributed by atoms with Crippen LogP contribution < -0.4 is 0 Å². The molecule has 6 atom stereocenters. The quantitative estimate of drug-likeness (QED) is 0.629. The van der Waals surface area contributed by atoms with E-state index >= 15 is 0 Å². The predicted octanol–water partition coefficient (Wildman–Crippen LogP) is 4.99. The average Bonchev–Trinajstić information content (AvgIpc) is 2.86. The third-order valence-corrected chi connectivity index (χ3v) is 5.42. The van der Waals surface area contributed by atoms with Crippen LogP contribution in [0.2, 0.25) is 0 Å². The van der Waals surface area contributed by atoms with Crippen LogP contribution in [0.4, 0.5) is 0 Å². The van der Waals surface area contributed by atoms with Crippen LogP contribution in [0.15, 0.2) is 0 Å². The van der Waals surface area contributed by atoms with Crippen LogP contribution in [0.5, 0.6) is 0 Å². The number of rotatable bonds is 4. The smallest absolute Gasteiger partial charge is 0.0323 e. The van der Waals surface area contributed by atoms with Gasteiger partial charge in [0.05, 0.1) is 0 Å². The Kier molecular flexibility index (Phi) is 3.66. The molecule has 0 amide bonds. The second-order valence-electron chi connectivity index (χ2n) is 7.06. The topological polar surface area (TPSA) is 0 Å². The molecule has 0 heterocycles. The van der Waals surface area contributed by atoms with Gasteiger partial charge in [0.1, 0.15) is 0 Å². The highest BCUT2D eigenvalue weighted by Gasteiger charge is 2.57. The Hall–Kier alpha value is 0. The normalized spacial score (nSPS) is 46.9. The number of hydrogen-bond acceptors (Lipinski definition) is 0. The third-order valence-electron chi connectivity index (χ3n) is 5.42. The number of hydrogen-bond donors (Lipinski definition) is 0. The summed E-state index contributed by atoms with van der Waals surface area (Å²) in [6.45, 7) is 12.2. The highest BCUT2D eigenvalue weighted by atomic mass is 14.6. The maximum atomic E-state index is 2.55. The molecule has 0 heteroatoms. The largest absolute Gasteiger partial charge is 0.0654 e. The summed E-state index contributed by atoms with van der Waals surface area (Å²) < 4.78 is 0. The van der Waals surface area contributed by atoms with Gasteiger partial charge in [0, 0.05) is 0 Å². The molecular formula is C16H30. The summed E-state index contributed by atoms with van der Waals surface area (Å²) >= 11 is 0. The fourth-order valence-corrected chi connectivity index (χ4v) is 4.73. The highest BCUT2D eigenvalue weighted by Crippen LogP contribution is 2.63. The van der Waals surface area contributed by atoms with E-state index in [0.717, 1.165) is 41.4 Å². The van der Waals surface area contributed by atoms with Gasteiger partial charge >= 0.3 is 0 Å². The van der Waals surface area contributed by atoms with Gasteiger partial charge in [-0.15, -0.1) is 0 Å². The van der Waals surface area contributed by atoms with Crippen molar-refractivity contribution in [2.24, 2.45) is 41.4 Å². The lowest BCUT2D eigenvalue weighted by atomic mass is 9.70. The van der Waals surface area contributed by atoms with E-state index in [1.807, 2.05) is 0 Å². The Balaban J connectivity index is 1.97. The zero-order valence-corrected chi connectivity index (χ0v) is 11.9. The van der Waals surface area contributed by atoms with Gasteiger partial charge < -0.3 is 0 Å². The van der Waals surface area contributed by atoms with E-state index in [1.165, 1.54) is 25.7 Å². The van der Waals surface area contributed by atoms with Gasteiger partial charge in [-0.3, -0.25) is 0 Å². The van der Waals surface area contributed by atoms with Gasteiger partial charge in [-0.2, -0.15) is 0 Å². The SMILES string of the molecule is CCCC1C2CC(C)C(CC(C)C)C(C)C12. The van der Waals surface area contributed by atoms with Crippen molar-refractivity contribution in [3.05, 3.63) is 0 Å². The van der Waals surface area contributed by atoms with Crippen LogP contribution in [0.1, 0.15) is 60.3 Å². The van der Waals surface area contributed by atoms with Crippen LogP contribution in [-0.2, 0) is 0 Å². The highest BCUT2D eigenvalue weighted by molar-refractivity contribution is 5.05. The zero-order valence-electron chi connectivity index (χ0n) is 11.9. The minimum absolute atomic E-state index is 0.884. The van der Waals surface area contributed by atoms with Crippen LogP contribution in [0.3, 0.4) is 0 Å². The van der Waals surface area contributed by atoms with Crippen molar-refractivity contribution in [1.82, 2.24) is 0 Å². The third kappa shape index (κ3) is 2.17. The lowest BCUT2D eigenvalue weighted by Gasteiger charge is -2.35. The lowest BCUT2D eigenvalue weighted by molar-refractivity contribution is 0.140. The van der Waals surface area contributed by atoms with Gasteiger partial charge in [-0.25, -0.2) is 0 Å². The Morgan fingerprint density at radius 1 is 1.12 bits per heavy atom. The molecule has 6 unspecified atom stereocenters. The first-order chi connectivity index (χ1) is 7.56. The Morgan fingerprint density at radius 3 is 2.38 bits per heavy atom. The fourth-order valence-electron chi connectivity index (χ4n) is 4.73. The molecule has 2 aliphatic rings. The van der Waals surface area contributed by atoms with E-state index in [-0.39, 0.29) is 0 Å². The Bertz CT molecular complexity index is 226. The summed E-state index contributed by atoms with van der Waals surface area (Å²) in [7, 11) is 0. The monoisotopic (exact) mass is 222 g/mol. The van der Waals surface area contributed by atoms with Gasteiger partial charge in [-0.1, -0.05) is 47.5 Å². The van der Waals surface area contributed by atoms with Crippen molar-refractivity contribution in [3.8, 4) is 0 Å². The molecule has 0 aromatic rings. The molecule has 0 N–H and O–H groups in total. The molecule has 2 saturated carbocycles. The molecule has 0 radical (unpaired) electrons. The van der Waals surface area contributed by atoms with E-state index in [0.29, 0.717) is 0 Å². The van der Waals surface area contributed by atoms with Crippen LogP contribution in [0.25, 0.3) is 0 Å². The standard InChI is InChI=1S/C16H30/c1-6-7-13-15-9-11(4)14(8-10(2)3)12(5)16(13)15/h10-16H,6-9H2,1-5H3. The Labute approximate surface area is 102 Å². The fraction of sp³-hybridized carbons (Fsp3) is 1.00. The molecule has 0 bridgehead atoms. The first-order valence-electron chi connectivity index (χ1n) is 7.56. The zero-order chi connectivity index (χ0) is 11.9. The van der Waals surface area contributed by atoms with Crippen molar-refractivity contribution < 1.29 is 0 Å². The van der Waals surface area contributed by atoms with Crippen molar-refractivity contribution in [2.45, 2.75) is 60.3 Å². The van der Waals surface area contributed by atoms with Gasteiger partial charge in [0.25, 0.3) is 0 Å². The molecule has 2 rings (SSSR count). The van der Waals surface area contributed by atoms with E-state index in [9.17, 15) is 0 Å². The molecule has 0 aromatic carbocycles. The van der Waals surface area contributed by atoms with E-state index in [4.69, 9.17) is 0 Å². The first-order valence-corrected chi connectivity index (χ1v) is 7.56. The summed E-state index contributed by atoms with van der Waals surface area (Å²) in [6, 6.07) is 0. The molecule has 2 fully saturated rings. The summed E-state index contributed by atoms with van der Waals surface area (Å²) in [5, 5.41) is 0. The minimum Gasteiger partial charge on any atom is -0.0654 e. The molecule has 0 nitrogen and oxygen atoms in total. The lowest BCUT2D eigenvalue weighted by Crippen LogP contribution is -2.28. The van der Waals surface area contributed by atoms with Crippen molar-refractivity contribution in [2.75, 3.05) is 0 Å². The second kappa shape index (κ2) is 4.70. The van der Waals surface area contributed by atoms with Gasteiger partial charge in [-0.05, 0) is 54.3 Å². The first kappa shape index (κ1) is 12.5. The molecule has 94 valence electrons. The van der Waals surface area contributed by atoms with Crippen LogP contribution in [-0.4, -0.2) is 0 Å². The summed E-state index contributed by atoms with van der Waals surface area (Å²) in [5.41, 5.74) is 0. The predicted molar refractivity (Wildman–Crippen MR) is 71.3 cm³/mol. The van der Waals surface area contributed by atoms with E-state index in [2.05, 4.69) is 34.6 Å². The maximum absolute atomic E-state index is 2.55. The van der Waals surface area contributed by atoms with Crippen molar-refractivity contribution >= 4 is 0 Å². The van der Waals surface area contributed by atoms with E-state index in [1.54, 1.807) is 0 Å². The summed E-state index contributed by atoms with van der Waals surface area (Å²) in [5.74, 6) is 7.24. The van der Waals surface area contributed by atoms with Crippen molar-refractivity contribution in [3.63, 3.8) is 0 Å². The average molecular weight is 222 g/mol. The van der Waals surface area contributed by atoms with Crippen LogP contribution in [0, 0.1) is 41.4 Å².